The largest absolute Gasteiger partial charge is 0.507 e. The van der Waals surface area contributed by atoms with E-state index in [0.717, 1.165) is 11.3 Å². The molecule has 8 heteroatoms. The van der Waals surface area contributed by atoms with Gasteiger partial charge in [0.15, 0.2) is 0 Å². The summed E-state index contributed by atoms with van der Waals surface area (Å²) in [5, 5.41) is 11.3. The van der Waals surface area contributed by atoms with Gasteiger partial charge in [-0.15, -0.1) is 0 Å². The van der Waals surface area contributed by atoms with Crippen LogP contribution in [0.25, 0.3) is 5.76 Å². The molecule has 2 aromatic carbocycles. The lowest BCUT2D eigenvalue weighted by atomic mass is 9.94. The molecule has 0 aliphatic carbocycles. The summed E-state index contributed by atoms with van der Waals surface area (Å²) in [5.74, 6) is -1.09. The molecular formula is C26H28N2O6. The van der Waals surface area contributed by atoms with E-state index in [1.807, 2.05) is 25.9 Å². The number of likely N-dealkylation sites (tertiary alicyclic amines) is 1. The minimum absolute atomic E-state index is 0.00986. The zero-order valence-electron chi connectivity index (χ0n) is 19.7. The Morgan fingerprint density at radius 1 is 1.21 bits per heavy atom. The Kier molecular flexibility index (Phi) is 6.43. The molecule has 2 aromatic rings. The van der Waals surface area contributed by atoms with E-state index in [-0.39, 0.29) is 24.0 Å². The second-order valence-electron chi connectivity index (χ2n) is 8.92. The van der Waals surface area contributed by atoms with Gasteiger partial charge in [0.05, 0.1) is 11.6 Å². The lowest BCUT2D eigenvalue weighted by Crippen LogP contribution is -2.35. The zero-order valence-corrected chi connectivity index (χ0v) is 19.7. The number of ketones is 1. The molecule has 2 unspecified atom stereocenters. The lowest BCUT2D eigenvalue weighted by molar-refractivity contribution is -0.140. The fraction of sp³-hybridized carbons (Fsp3) is 0.346. The van der Waals surface area contributed by atoms with Crippen molar-refractivity contribution in [3.05, 3.63) is 64.7 Å². The monoisotopic (exact) mass is 464 g/mol. The Hall–Kier alpha value is -3.65. The van der Waals surface area contributed by atoms with Crippen molar-refractivity contribution in [3.63, 3.8) is 0 Å². The first-order valence-corrected chi connectivity index (χ1v) is 11.2. The van der Waals surface area contributed by atoms with Crippen LogP contribution in [0.15, 0.2) is 48.0 Å². The number of carbonyl (C=O) groups excluding carboxylic acids is 3. The SMILES string of the molecule is CC(=O)Oc1cccc(C2/C(=C(/O)c3ccc4c(c3)CC(C)O4)C(=O)C(=O)N2CCN(C)C)c1. The molecule has 2 aliphatic rings. The standard InChI is InChI=1S/C26H28N2O6/c1-15-12-19-13-18(8-9-21(19)33-15)24(30)22-23(17-6-5-7-20(14-17)34-16(2)29)28(11-10-27(3)4)26(32)25(22)31/h5-9,13-15,23,30H,10-12H2,1-4H3/b24-22-. The van der Waals surface area contributed by atoms with Crippen molar-refractivity contribution in [1.82, 2.24) is 9.80 Å². The molecule has 2 aliphatic heterocycles. The van der Waals surface area contributed by atoms with Crippen LogP contribution in [0.2, 0.25) is 0 Å². The van der Waals surface area contributed by atoms with Crippen molar-refractivity contribution < 1.29 is 29.0 Å². The summed E-state index contributed by atoms with van der Waals surface area (Å²) in [4.78, 5) is 41.0. The molecule has 1 amide bonds. The van der Waals surface area contributed by atoms with Crippen LogP contribution in [0.5, 0.6) is 11.5 Å². The molecule has 0 spiro atoms. The van der Waals surface area contributed by atoms with Crippen molar-refractivity contribution in [2.24, 2.45) is 0 Å². The average molecular weight is 465 g/mol. The van der Waals surface area contributed by atoms with Crippen LogP contribution in [0.3, 0.4) is 0 Å². The van der Waals surface area contributed by atoms with Crippen LogP contribution >= 0.6 is 0 Å². The Morgan fingerprint density at radius 3 is 2.68 bits per heavy atom. The van der Waals surface area contributed by atoms with Crippen LogP contribution < -0.4 is 9.47 Å². The summed E-state index contributed by atoms with van der Waals surface area (Å²) in [6.07, 6.45) is 0.731. The van der Waals surface area contributed by atoms with Crippen molar-refractivity contribution in [2.45, 2.75) is 32.4 Å². The number of carbonyl (C=O) groups is 3. The Balaban J connectivity index is 1.82. The fourth-order valence-electron chi connectivity index (χ4n) is 4.40. The van der Waals surface area contributed by atoms with Gasteiger partial charge in [-0.05, 0) is 62.5 Å². The Bertz CT molecular complexity index is 1190. The molecule has 1 saturated heterocycles. The zero-order chi connectivity index (χ0) is 24.6. The Labute approximate surface area is 198 Å². The normalized spacial score (nSPS) is 21.0. The van der Waals surface area contributed by atoms with Crippen LogP contribution in [-0.2, 0) is 20.8 Å². The fourth-order valence-corrected chi connectivity index (χ4v) is 4.40. The minimum atomic E-state index is -0.820. The molecule has 1 fully saturated rings. The summed E-state index contributed by atoms with van der Waals surface area (Å²) in [6.45, 7) is 4.08. The van der Waals surface area contributed by atoms with Gasteiger partial charge in [0.25, 0.3) is 11.7 Å². The van der Waals surface area contributed by atoms with Gasteiger partial charge in [0.2, 0.25) is 0 Å². The van der Waals surface area contributed by atoms with E-state index in [1.54, 1.807) is 42.5 Å². The van der Waals surface area contributed by atoms with Gasteiger partial charge in [-0.3, -0.25) is 14.4 Å². The highest BCUT2D eigenvalue weighted by atomic mass is 16.5. The van der Waals surface area contributed by atoms with E-state index in [2.05, 4.69) is 0 Å². The van der Waals surface area contributed by atoms with Crippen LogP contribution in [0.4, 0.5) is 0 Å². The predicted octanol–water partition coefficient (Wildman–Crippen LogP) is 2.92. The maximum atomic E-state index is 13.2. The van der Waals surface area contributed by atoms with Gasteiger partial charge in [-0.1, -0.05) is 12.1 Å². The van der Waals surface area contributed by atoms with Gasteiger partial charge in [0, 0.05) is 32.0 Å². The molecule has 4 rings (SSSR count). The number of amides is 1. The summed E-state index contributed by atoms with van der Waals surface area (Å²) >= 11 is 0. The highest BCUT2D eigenvalue weighted by Crippen LogP contribution is 2.41. The summed E-state index contributed by atoms with van der Waals surface area (Å²) in [5.41, 5.74) is 1.96. The van der Waals surface area contributed by atoms with E-state index < -0.39 is 23.7 Å². The molecule has 0 radical (unpaired) electrons. The van der Waals surface area contributed by atoms with E-state index in [4.69, 9.17) is 9.47 Å². The first-order chi connectivity index (χ1) is 16.2. The first-order valence-electron chi connectivity index (χ1n) is 11.2. The number of nitrogens with zero attached hydrogens (tertiary/aromatic N) is 2. The molecule has 8 nitrogen and oxygen atoms in total. The van der Waals surface area contributed by atoms with E-state index in [0.29, 0.717) is 29.8 Å². The topological polar surface area (TPSA) is 96.4 Å². The molecule has 34 heavy (non-hydrogen) atoms. The summed E-state index contributed by atoms with van der Waals surface area (Å²) in [7, 11) is 3.75. The predicted molar refractivity (Wildman–Crippen MR) is 126 cm³/mol. The third kappa shape index (κ3) is 4.54. The highest BCUT2D eigenvalue weighted by Gasteiger charge is 2.46. The first kappa shape index (κ1) is 23.5. The lowest BCUT2D eigenvalue weighted by Gasteiger charge is -2.26. The number of aliphatic hydroxyl groups excluding tert-OH is 1. The molecule has 2 atom stereocenters. The van der Waals surface area contributed by atoms with Gasteiger partial charge in [-0.25, -0.2) is 0 Å². The van der Waals surface area contributed by atoms with Crippen LogP contribution in [0, 0.1) is 0 Å². The van der Waals surface area contributed by atoms with Crippen molar-refractivity contribution in [1.29, 1.82) is 0 Å². The quantitative estimate of drug-likeness (QED) is 0.231. The average Bonchev–Trinajstić information content (AvgIpc) is 3.27. The summed E-state index contributed by atoms with van der Waals surface area (Å²) < 4.78 is 11.0. The molecular weight excluding hydrogens is 436 g/mol. The molecule has 2 heterocycles. The number of rotatable bonds is 6. The van der Waals surface area contributed by atoms with E-state index in [1.165, 1.54) is 11.8 Å². The van der Waals surface area contributed by atoms with Crippen molar-refractivity contribution >= 4 is 23.4 Å². The minimum Gasteiger partial charge on any atom is -0.507 e. The molecule has 0 bridgehead atoms. The third-order valence-electron chi connectivity index (χ3n) is 5.93. The van der Waals surface area contributed by atoms with Crippen LogP contribution in [-0.4, -0.2) is 65.9 Å². The Morgan fingerprint density at radius 2 is 1.97 bits per heavy atom. The van der Waals surface area contributed by atoms with Crippen molar-refractivity contribution in [2.75, 3.05) is 27.2 Å². The second-order valence-corrected chi connectivity index (χ2v) is 8.92. The number of likely N-dealkylation sites (N-methyl/N-ethyl adjacent to an activating group) is 1. The van der Waals surface area contributed by atoms with E-state index in [9.17, 15) is 19.5 Å². The molecule has 178 valence electrons. The van der Waals surface area contributed by atoms with Gasteiger partial charge in [0.1, 0.15) is 23.4 Å². The van der Waals surface area contributed by atoms with Crippen molar-refractivity contribution in [3.8, 4) is 11.5 Å². The number of esters is 1. The molecule has 1 N–H and O–H groups in total. The third-order valence-corrected chi connectivity index (χ3v) is 5.93. The number of ether oxygens (including phenoxy) is 2. The van der Waals surface area contributed by atoms with Gasteiger partial charge < -0.3 is 24.4 Å². The highest BCUT2D eigenvalue weighted by molar-refractivity contribution is 6.46. The maximum absolute atomic E-state index is 13.2. The number of fused-ring (bicyclic) bond motifs is 1. The summed E-state index contributed by atoms with van der Waals surface area (Å²) in [6, 6.07) is 11.1. The number of hydrogen-bond acceptors (Lipinski definition) is 7. The number of Topliss-reactive ketones (excluding diaryl/α,β-unsaturated/α-hetero) is 1. The maximum Gasteiger partial charge on any atom is 0.308 e. The smallest absolute Gasteiger partial charge is 0.308 e. The number of hydrogen-bond donors (Lipinski definition) is 1. The number of benzene rings is 2. The second kappa shape index (κ2) is 9.30. The van der Waals surface area contributed by atoms with E-state index >= 15 is 0 Å². The van der Waals surface area contributed by atoms with Crippen LogP contribution in [0.1, 0.15) is 36.6 Å². The van der Waals surface area contributed by atoms with Gasteiger partial charge in [-0.2, -0.15) is 0 Å². The molecule has 0 saturated carbocycles. The van der Waals surface area contributed by atoms with Gasteiger partial charge >= 0.3 is 5.97 Å². The number of aliphatic hydroxyl groups is 1. The molecule has 0 aromatic heterocycles.